The Morgan fingerprint density at radius 1 is 1.19 bits per heavy atom. The summed E-state index contributed by atoms with van der Waals surface area (Å²) in [6.45, 7) is 2.39. The average molecular weight is 222 g/mol. The van der Waals surface area contributed by atoms with Crippen LogP contribution in [0.25, 0.3) is 0 Å². The van der Waals surface area contributed by atoms with Crippen LogP contribution in [0, 0.1) is 35.5 Å². The van der Waals surface area contributed by atoms with Crippen molar-refractivity contribution in [2.75, 3.05) is 0 Å². The number of hydrogen-bond acceptors (Lipinski definition) is 1. The molecule has 3 aliphatic carbocycles. The molecule has 0 spiro atoms. The number of aliphatic carboxylic acids is 1. The Kier molecular flexibility index (Phi) is 2.49. The fraction of sp³-hybridized carbons (Fsp3) is 0.929. The number of carboxylic acids is 1. The molecule has 2 heteroatoms. The molecule has 3 rings (SSSR count). The largest absolute Gasteiger partial charge is 0.481 e. The molecule has 3 fully saturated rings. The number of fused-ring (bicyclic) bond motifs is 1. The second kappa shape index (κ2) is 3.75. The van der Waals surface area contributed by atoms with E-state index in [4.69, 9.17) is 5.11 Å². The first kappa shape index (κ1) is 10.6. The quantitative estimate of drug-likeness (QED) is 0.779. The Morgan fingerprint density at radius 2 is 2.00 bits per heavy atom. The third-order valence-electron chi connectivity index (χ3n) is 5.75. The van der Waals surface area contributed by atoms with E-state index in [9.17, 15) is 4.79 Å². The van der Waals surface area contributed by atoms with E-state index in [0.717, 1.165) is 29.6 Å². The summed E-state index contributed by atoms with van der Waals surface area (Å²) in [5.41, 5.74) is 0. The van der Waals surface area contributed by atoms with Gasteiger partial charge >= 0.3 is 5.97 Å². The molecular weight excluding hydrogens is 200 g/mol. The summed E-state index contributed by atoms with van der Waals surface area (Å²) in [7, 11) is 0. The van der Waals surface area contributed by atoms with E-state index in [1.165, 1.54) is 32.1 Å². The summed E-state index contributed by atoms with van der Waals surface area (Å²) in [4.78, 5) is 10.9. The predicted molar refractivity (Wildman–Crippen MR) is 62.0 cm³/mol. The van der Waals surface area contributed by atoms with Crippen LogP contribution in [-0.2, 0) is 4.79 Å². The van der Waals surface area contributed by atoms with Crippen molar-refractivity contribution in [1.82, 2.24) is 0 Å². The minimum atomic E-state index is -0.581. The lowest BCUT2D eigenvalue weighted by Crippen LogP contribution is -2.51. The molecule has 0 aromatic rings. The van der Waals surface area contributed by atoms with Gasteiger partial charge in [-0.2, -0.15) is 0 Å². The van der Waals surface area contributed by atoms with Crippen LogP contribution in [0.4, 0.5) is 0 Å². The van der Waals surface area contributed by atoms with Gasteiger partial charge in [-0.1, -0.05) is 19.8 Å². The molecule has 2 bridgehead atoms. The summed E-state index contributed by atoms with van der Waals surface area (Å²) >= 11 is 0. The molecule has 0 radical (unpaired) electrons. The highest BCUT2D eigenvalue weighted by molar-refractivity contribution is 5.67. The van der Waals surface area contributed by atoms with E-state index < -0.39 is 5.97 Å². The van der Waals surface area contributed by atoms with Gasteiger partial charge in [0.1, 0.15) is 0 Å². The summed E-state index contributed by atoms with van der Waals surface area (Å²) < 4.78 is 0. The molecule has 0 amide bonds. The molecule has 0 aromatic heterocycles. The maximum atomic E-state index is 10.9. The zero-order valence-electron chi connectivity index (χ0n) is 10.1. The van der Waals surface area contributed by atoms with E-state index >= 15 is 0 Å². The monoisotopic (exact) mass is 222 g/mol. The second-order valence-corrected chi connectivity index (χ2v) is 6.39. The first-order valence-corrected chi connectivity index (χ1v) is 6.88. The molecule has 0 aliphatic heterocycles. The highest BCUT2D eigenvalue weighted by atomic mass is 16.4. The van der Waals surface area contributed by atoms with Crippen LogP contribution in [0.2, 0.25) is 0 Å². The SMILES string of the molecule is CC1C[C@@H]2C3CC1CCCC3[C@@H]2CC(=O)O. The third-order valence-corrected chi connectivity index (χ3v) is 5.75. The van der Waals surface area contributed by atoms with Crippen molar-refractivity contribution in [3.8, 4) is 0 Å². The van der Waals surface area contributed by atoms with E-state index in [1.807, 2.05) is 0 Å². The molecule has 90 valence electrons. The van der Waals surface area contributed by atoms with E-state index in [2.05, 4.69) is 6.92 Å². The zero-order chi connectivity index (χ0) is 11.3. The summed E-state index contributed by atoms with van der Waals surface area (Å²) in [6.07, 6.45) is 7.21. The molecule has 0 aromatic carbocycles. The van der Waals surface area contributed by atoms with Crippen LogP contribution < -0.4 is 0 Å². The zero-order valence-corrected chi connectivity index (χ0v) is 10.1. The van der Waals surface area contributed by atoms with E-state index in [-0.39, 0.29) is 0 Å². The highest BCUT2D eigenvalue weighted by Crippen LogP contribution is 2.61. The van der Waals surface area contributed by atoms with Crippen molar-refractivity contribution >= 4 is 5.97 Å². The van der Waals surface area contributed by atoms with Gasteiger partial charge in [0.25, 0.3) is 0 Å². The standard InChI is InChI=1S/C14H22O2/c1-8-5-11-12-6-9(8)3-2-4-10(12)13(11)7-14(15)16/h8-13H,2-7H2,1H3,(H,15,16)/t8?,9?,10?,11-,12?,13+/m1/s1. The van der Waals surface area contributed by atoms with Crippen molar-refractivity contribution in [2.45, 2.75) is 45.4 Å². The minimum absolute atomic E-state index is 0.434. The normalized spacial score (nSPS) is 50.3. The molecule has 3 aliphatic rings. The first-order valence-electron chi connectivity index (χ1n) is 6.88. The van der Waals surface area contributed by atoms with Crippen LogP contribution in [0.3, 0.4) is 0 Å². The van der Waals surface area contributed by atoms with Crippen LogP contribution in [0.15, 0.2) is 0 Å². The van der Waals surface area contributed by atoms with Crippen molar-refractivity contribution < 1.29 is 9.90 Å². The molecule has 2 nitrogen and oxygen atoms in total. The fourth-order valence-electron chi connectivity index (χ4n) is 4.98. The van der Waals surface area contributed by atoms with Gasteiger partial charge < -0.3 is 5.11 Å². The number of carboxylic acid groups (broad SMARTS) is 1. The summed E-state index contributed by atoms with van der Waals surface area (Å²) in [5, 5.41) is 9.00. The summed E-state index contributed by atoms with van der Waals surface area (Å²) in [5.74, 6) is 4.15. The Hall–Kier alpha value is -0.530. The lowest BCUT2D eigenvalue weighted by Gasteiger charge is -2.56. The Bertz CT molecular complexity index is 299. The summed E-state index contributed by atoms with van der Waals surface area (Å²) in [6, 6.07) is 0. The smallest absolute Gasteiger partial charge is 0.303 e. The molecule has 16 heavy (non-hydrogen) atoms. The number of rotatable bonds is 2. The van der Waals surface area contributed by atoms with Crippen molar-refractivity contribution in [3.63, 3.8) is 0 Å². The number of carbonyl (C=O) groups is 1. The second-order valence-electron chi connectivity index (χ2n) is 6.39. The van der Waals surface area contributed by atoms with Gasteiger partial charge in [0.15, 0.2) is 0 Å². The third kappa shape index (κ3) is 1.49. The van der Waals surface area contributed by atoms with Gasteiger partial charge in [0.05, 0.1) is 0 Å². The van der Waals surface area contributed by atoms with Crippen LogP contribution >= 0.6 is 0 Å². The maximum Gasteiger partial charge on any atom is 0.303 e. The van der Waals surface area contributed by atoms with Gasteiger partial charge in [-0.15, -0.1) is 0 Å². The molecule has 0 saturated heterocycles. The highest BCUT2D eigenvalue weighted by Gasteiger charge is 2.54. The molecule has 1 N–H and O–H groups in total. The van der Waals surface area contributed by atoms with Crippen LogP contribution in [0.1, 0.15) is 45.4 Å². The molecule has 4 unspecified atom stereocenters. The lowest BCUT2D eigenvalue weighted by molar-refractivity contribution is -0.146. The molecule has 0 heterocycles. The van der Waals surface area contributed by atoms with E-state index in [0.29, 0.717) is 12.3 Å². The van der Waals surface area contributed by atoms with Gasteiger partial charge in [0.2, 0.25) is 0 Å². The van der Waals surface area contributed by atoms with Crippen molar-refractivity contribution in [1.29, 1.82) is 0 Å². The predicted octanol–water partition coefficient (Wildman–Crippen LogP) is 3.17. The Balaban J connectivity index is 1.77. The molecular formula is C14H22O2. The Morgan fingerprint density at radius 3 is 2.75 bits per heavy atom. The lowest BCUT2D eigenvalue weighted by atomic mass is 9.48. The van der Waals surface area contributed by atoms with Crippen molar-refractivity contribution in [3.05, 3.63) is 0 Å². The topological polar surface area (TPSA) is 37.3 Å². The van der Waals surface area contributed by atoms with Crippen LogP contribution in [0.5, 0.6) is 0 Å². The first-order chi connectivity index (χ1) is 7.66. The molecule has 6 atom stereocenters. The maximum absolute atomic E-state index is 10.9. The van der Waals surface area contributed by atoms with Gasteiger partial charge in [-0.3, -0.25) is 4.79 Å². The van der Waals surface area contributed by atoms with Gasteiger partial charge in [0, 0.05) is 6.42 Å². The molecule has 3 saturated carbocycles. The minimum Gasteiger partial charge on any atom is -0.481 e. The average Bonchev–Trinajstić information content (AvgIpc) is 2.35. The van der Waals surface area contributed by atoms with Crippen LogP contribution in [-0.4, -0.2) is 11.1 Å². The Labute approximate surface area is 97.4 Å². The van der Waals surface area contributed by atoms with E-state index in [1.54, 1.807) is 0 Å². The van der Waals surface area contributed by atoms with Gasteiger partial charge in [-0.05, 0) is 54.8 Å². The number of hydrogen-bond donors (Lipinski definition) is 1. The fourth-order valence-corrected chi connectivity index (χ4v) is 4.98. The van der Waals surface area contributed by atoms with Crippen molar-refractivity contribution in [2.24, 2.45) is 35.5 Å². The van der Waals surface area contributed by atoms with Gasteiger partial charge in [-0.25, -0.2) is 0 Å².